The first-order chi connectivity index (χ1) is 14.5. The highest BCUT2D eigenvalue weighted by molar-refractivity contribution is 5.95. The minimum Gasteiger partial charge on any atom is -0.454 e. The van der Waals surface area contributed by atoms with Crippen molar-refractivity contribution in [3.05, 3.63) is 60.3 Å². The number of amides is 1. The van der Waals surface area contributed by atoms with Gasteiger partial charge in [-0.15, -0.1) is 0 Å². The molecule has 0 spiro atoms. The number of nitrogens with two attached hydrogens (primary N) is 1. The number of hydrogen-bond donors (Lipinski definition) is 2. The first kappa shape index (κ1) is 19.7. The van der Waals surface area contributed by atoms with Crippen LogP contribution in [0.2, 0.25) is 0 Å². The lowest BCUT2D eigenvalue weighted by Crippen LogP contribution is -2.31. The standard InChI is InChI=1S/C23H24N4O3/c1-27(2)9-8-25-23(28)17-5-3-4-15(10-17)18-11-19(22(24)26-13-18)16-6-7-20-21(12-16)30-14-29-20/h3-7,10-13H,8-9,14H2,1-2H3,(H2,24,26)(H,25,28). The Labute approximate surface area is 175 Å². The molecule has 7 heteroatoms. The summed E-state index contributed by atoms with van der Waals surface area (Å²) in [7, 11) is 3.94. The summed E-state index contributed by atoms with van der Waals surface area (Å²) in [6, 6.07) is 15.2. The quantitative estimate of drug-likeness (QED) is 0.656. The van der Waals surface area contributed by atoms with Crippen molar-refractivity contribution in [2.24, 2.45) is 0 Å². The van der Waals surface area contributed by atoms with Crippen LogP contribution in [0.3, 0.4) is 0 Å². The Hall–Kier alpha value is -3.58. The second-order valence-corrected chi connectivity index (χ2v) is 7.36. The molecule has 1 aliphatic heterocycles. The maximum Gasteiger partial charge on any atom is 0.251 e. The summed E-state index contributed by atoms with van der Waals surface area (Å²) in [5.41, 5.74) is 10.2. The highest BCUT2D eigenvalue weighted by Gasteiger charge is 2.16. The number of hydrogen-bond acceptors (Lipinski definition) is 6. The molecule has 7 nitrogen and oxygen atoms in total. The van der Waals surface area contributed by atoms with E-state index in [-0.39, 0.29) is 12.7 Å². The van der Waals surface area contributed by atoms with Gasteiger partial charge in [-0.3, -0.25) is 4.79 Å². The number of pyridine rings is 1. The maximum absolute atomic E-state index is 12.5. The number of fused-ring (bicyclic) bond motifs is 1. The third kappa shape index (κ3) is 4.21. The fourth-order valence-corrected chi connectivity index (χ4v) is 3.26. The molecule has 2 heterocycles. The molecular formula is C23H24N4O3. The molecule has 1 aromatic heterocycles. The second kappa shape index (κ2) is 8.42. The fourth-order valence-electron chi connectivity index (χ4n) is 3.26. The lowest BCUT2D eigenvalue weighted by Gasteiger charge is -2.12. The summed E-state index contributed by atoms with van der Waals surface area (Å²) in [4.78, 5) is 18.9. The second-order valence-electron chi connectivity index (χ2n) is 7.36. The van der Waals surface area contributed by atoms with Crippen LogP contribution in [0.4, 0.5) is 5.82 Å². The third-order valence-electron chi connectivity index (χ3n) is 4.90. The number of anilines is 1. The van der Waals surface area contributed by atoms with Gasteiger partial charge in [0, 0.05) is 36.0 Å². The van der Waals surface area contributed by atoms with Gasteiger partial charge in [0.2, 0.25) is 6.79 Å². The molecule has 0 atom stereocenters. The number of nitrogen functional groups attached to an aromatic ring is 1. The van der Waals surface area contributed by atoms with E-state index in [0.717, 1.165) is 34.5 Å². The van der Waals surface area contributed by atoms with E-state index in [1.165, 1.54) is 0 Å². The Morgan fingerprint density at radius 1 is 1.07 bits per heavy atom. The van der Waals surface area contributed by atoms with Gasteiger partial charge in [-0.2, -0.15) is 0 Å². The molecule has 0 radical (unpaired) electrons. The Morgan fingerprint density at radius 2 is 1.90 bits per heavy atom. The van der Waals surface area contributed by atoms with Crippen LogP contribution in [0.25, 0.3) is 22.3 Å². The number of rotatable bonds is 6. The van der Waals surface area contributed by atoms with Gasteiger partial charge in [-0.25, -0.2) is 4.98 Å². The Balaban J connectivity index is 1.61. The number of nitrogens with zero attached hydrogens (tertiary/aromatic N) is 2. The van der Waals surface area contributed by atoms with Gasteiger partial charge in [0.05, 0.1) is 0 Å². The van der Waals surface area contributed by atoms with Gasteiger partial charge in [0.25, 0.3) is 5.91 Å². The van der Waals surface area contributed by atoms with E-state index in [4.69, 9.17) is 15.2 Å². The van der Waals surface area contributed by atoms with E-state index in [2.05, 4.69) is 10.3 Å². The van der Waals surface area contributed by atoms with Crippen LogP contribution in [0.15, 0.2) is 54.7 Å². The summed E-state index contributed by atoms with van der Waals surface area (Å²) < 4.78 is 10.9. The monoisotopic (exact) mass is 404 g/mol. The molecule has 0 aliphatic carbocycles. The van der Waals surface area contributed by atoms with Crippen molar-refractivity contribution in [1.82, 2.24) is 15.2 Å². The van der Waals surface area contributed by atoms with Crippen molar-refractivity contribution in [3.8, 4) is 33.8 Å². The molecule has 0 unspecified atom stereocenters. The summed E-state index contributed by atoms with van der Waals surface area (Å²) in [5, 5.41) is 2.94. The lowest BCUT2D eigenvalue weighted by molar-refractivity contribution is 0.0951. The van der Waals surface area contributed by atoms with E-state index in [9.17, 15) is 4.79 Å². The topological polar surface area (TPSA) is 89.7 Å². The van der Waals surface area contributed by atoms with Gasteiger partial charge in [0.1, 0.15) is 5.82 Å². The maximum atomic E-state index is 12.5. The molecule has 0 bridgehead atoms. The molecule has 0 fully saturated rings. The molecule has 0 saturated carbocycles. The highest BCUT2D eigenvalue weighted by atomic mass is 16.7. The van der Waals surface area contributed by atoms with Crippen LogP contribution < -0.4 is 20.5 Å². The third-order valence-corrected chi connectivity index (χ3v) is 4.90. The van der Waals surface area contributed by atoms with Crippen LogP contribution >= 0.6 is 0 Å². The van der Waals surface area contributed by atoms with E-state index in [1.807, 2.05) is 61.5 Å². The molecule has 1 aliphatic rings. The SMILES string of the molecule is CN(C)CCNC(=O)c1cccc(-c2cnc(N)c(-c3ccc4c(c3)OCO4)c2)c1. The van der Waals surface area contributed by atoms with Crippen molar-refractivity contribution < 1.29 is 14.3 Å². The largest absolute Gasteiger partial charge is 0.454 e. The molecule has 3 N–H and O–H groups in total. The fraction of sp³-hybridized carbons (Fsp3) is 0.217. The van der Waals surface area contributed by atoms with Gasteiger partial charge in [-0.1, -0.05) is 18.2 Å². The van der Waals surface area contributed by atoms with Crippen LogP contribution in [0.1, 0.15) is 10.4 Å². The Kier molecular flexibility index (Phi) is 5.54. The zero-order valence-electron chi connectivity index (χ0n) is 17.0. The van der Waals surface area contributed by atoms with Crippen LogP contribution in [0, 0.1) is 0 Å². The lowest BCUT2D eigenvalue weighted by atomic mass is 9.99. The molecule has 1 amide bonds. The Bertz CT molecular complexity index is 1080. The average Bonchev–Trinajstić information content (AvgIpc) is 3.22. The van der Waals surface area contributed by atoms with Crippen molar-refractivity contribution in [1.29, 1.82) is 0 Å². The van der Waals surface area contributed by atoms with Crippen molar-refractivity contribution in [3.63, 3.8) is 0 Å². The molecular weight excluding hydrogens is 380 g/mol. The van der Waals surface area contributed by atoms with E-state index >= 15 is 0 Å². The van der Waals surface area contributed by atoms with Crippen molar-refractivity contribution in [2.75, 3.05) is 39.7 Å². The summed E-state index contributed by atoms with van der Waals surface area (Å²) >= 11 is 0. The minimum atomic E-state index is -0.0990. The summed E-state index contributed by atoms with van der Waals surface area (Å²) in [5.74, 6) is 1.73. The van der Waals surface area contributed by atoms with Crippen LogP contribution in [-0.4, -0.2) is 49.8 Å². The van der Waals surface area contributed by atoms with Gasteiger partial charge in [-0.05, 0) is 55.6 Å². The number of likely N-dealkylation sites (N-methyl/N-ethyl adjacent to an activating group) is 1. The number of benzene rings is 2. The zero-order valence-corrected chi connectivity index (χ0v) is 17.0. The number of carbonyl (C=O) groups excluding carboxylic acids is 1. The van der Waals surface area contributed by atoms with E-state index in [0.29, 0.717) is 23.7 Å². The highest BCUT2D eigenvalue weighted by Crippen LogP contribution is 2.38. The molecule has 3 aromatic rings. The van der Waals surface area contributed by atoms with Crippen molar-refractivity contribution in [2.45, 2.75) is 0 Å². The summed E-state index contributed by atoms with van der Waals surface area (Å²) in [6.07, 6.45) is 1.72. The first-order valence-corrected chi connectivity index (χ1v) is 9.70. The minimum absolute atomic E-state index is 0.0990. The molecule has 2 aromatic carbocycles. The first-order valence-electron chi connectivity index (χ1n) is 9.70. The van der Waals surface area contributed by atoms with E-state index < -0.39 is 0 Å². The molecule has 154 valence electrons. The van der Waals surface area contributed by atoms with Crippen LogP contribution in [0.5, 0.6) is 11.5 Å². The molecule has 4 rings (SSSR count). The van der Waals surface area contributed by atoms with Crippen LogP contribution in [-0.2, 0) is 0 Å². The smallest absolute Gasteiger partial charge is 0.251 e. The van der Waals surface area contributed by atoms with Crippen molar-refractivity contribution >= 4 is 11.7 Å². The number of nitrogens with one attached hydrogen (secondary N) is 1. The predicted octanol–water partition coefficient (Wildman–Crippen LogP) is 3.02. The predicted molar refractivity (Wildman–Crippen MR) is 117 cm³/mol. The number of ether oxygens (including phenoxy) is 2. The number of aromatic nitrogens is 1. The summed E-state index contributed by atoms with van der Waals surface area (Å²) in [6.45, 7) is 1.59. The van der Waals surface area contributed by atoms with Gasteiger partial charge >= 0.3 is 0 Å². The molecule has 0 saturated heterocycles. The zero-order chi connectivity index (χ0) is 21.1. The average molecular weight is 404 g/mol. The molecule has 30 heavy (non-hydrogen) atoms. The van der Waals surface area contributed by atoms with Gasteiger partial charge < -0.3 is 25.4 Å². The van der Waals surface area contributed by atoms with E-state index in [1.54, 1.807) is 12.3 Å². The number of carbonyl (C=O) groups is 1. The normalized spacial score (nSPS) is 12.2. The van der Waals surface area contributed by atoms with Gasteiger partial charge in [0.15, 0.2) is 11.5 Å². The Morgan fingerprint density at radius 3 is 2.73 bits per heavy atom.